The fraction of sp³-hybridized carbons (Fsp3) is 0.444. The second-order valence-electron chi connectivity index (χ2n) is 6.07. The molecule has 2 aromatic rings. The maximum Gasteiger partial charge on any atom is 0.221 e. The number of thioether (sulfide) groups is 1. The zero-order valence-corrected chi connectivity index (χ0v) is 14.3. The molecule has 1 aromatic carbocycles. The lowest BCUT2D eigenvalue weighted by Gasteiger charge is -2.18. The molecule has 4 nitrogen and oxygen atoms in total. The molecule has 0 radical (unpaired) electrons. The van der Waals surface area contributed by atoms with Crippen LogP contribution in [-0.2, 0) is 17.6 Å². The van der Waals surface area contributed by atoms with Crippen molar-refractivity contribution < 1.29 is 4.79 Å². The highest BCUT2D eigenvalue weighted by Crippen LogP contribution is 2.40. The van der Waals surface area contributed by atoms with Gasteiger partial charge in [-0.25, -0.2) is 4.98 Å². The molecule has 1 aliphatic carbocycles. The van der Waals surface area contributed by atoms with Crippen molar-refractivity contribution >= 4 is 17.7 Å². The van der Waals surface area contributed by atoms with Gasteiger partial charge in [0.25, 0.3) is 0 Å². The normalized spacial score (nSPS) is 15.3. The van der Waals surface area contributed by atoms with Crippen molar-refractivity contribution in [1.82, 2.24) is 14.9 Å². The first-order valence-corrected chi connectivity index (χ1v) is 9.28. The number of imidazole rings is 1. The van der Waals surface area contributed by atoms with E-state index in [1.54, 1.807) is 18.0 Å². The fourth-order valence-electron chi connectivity index (χ4n) is 2.67. The average molecular weight is 329 g/mol. The van der Waals surface area contributed by atoms with Crippen LogP contribution in [0.25, 0.3) is 0 Å². The maximum absolute atomic E-state index is 12.2. The highest BCUT2D eigenvalue weighted by molar-refractivity contribution is 7.98. The summed E-state index contributed by atoms with van der Waals surface area (Å²) in [5.41, 5.74) is 1.31. The summed E-state index contributed by atoms with van der Waals surface area (Å²) >= 11 is 1.80. The van der Waals surface area contributed by atoms with Gasteiger partial charge in [-0.3, -0.25) is 4.79 Å². The van der Waals surface area contributed by atoms with Crippen molar-refractivity contribution in [2.75, 3.05) is 5.75 Å². The van der Waals surface area contributed by atoms with Crippen molar-refractivity contribution in [3.8, 4) is 0 Å². The molecule has 3 rings (SSSR count). The third-order valence-corrected chi connectivity index (χ3v) is 5.16. The molecule has 5 heteroatoms. The number of aryl methyl sites for hydroxylation is 1. The van der Waals surface area contributed by atoms with Crippen molar-refractivity contribution in [3.63, 3.8) is 0 Å². The average Bonchev–Trinajstić information content (AvgIpc) is 3.32. The summed E-state index contributed by atoms with van der Waals surface area (Å²) in [6.07, 6.45) is 6.66. The van der Waals surface area contributed by atoms with E-state index < -0.39 is 0 Å². The van der Waals surface area contributed by atoms with Crippen LogP contribution in [0, 0.1) is 5.92 Å². The Morgan fingerprint density at radius 1 is 1.39 bits per heavy atom. The van der Waals surface area contributed by atoms with Gasteiger partial charge in [0.15, 0.2) is 0 Å². The molecular weight excluding hydrogens is 306 g/mol. The van der Waals surface area contributed by atoms with Crippen molar-refractivity contribution in [1.29, 1.82) is 0 Å². The number of amides is 1. The number of aromatic nitrogens is 2. The molecule has 1 N–H and O–H groups in total. The van der Waals surface area contributed by atoms with E-state index >= 15 is 0 Å². The molecule has 0 saturated heterocycles. The van der Waals surface area contributed by atoms with Crippen LogP contribution in [0.3, 0.4) is 0 Å². The summed E-state index contributed by atoms with van der Waals surface area (Å²) < 4.78 is 2.01. The third kappa shape index (κ3) is 4.61. The first-order chi connectivity index (χ1) is 11.2. The number of nitrogens with zero attached hydrogens (tertiary/aromatic N) is 2. The number of benzene rings is 1. The maximum atomic E-state index is 12.2. The Bertz CT molecular complexity index is 637. The number of hydrogen-bond acceptors (Lipinski definition) is 3. The Balaban J connectivity index is 1.44. The van der Waals surface area contributed by atoms with Gasteiger partial charge in [-0.05, 0) is 24.3 Å². The standard InChI is InChI=1S/C18H23N3OS/c1-21-11-10-19-18(21)17(15-7-8-15)20-16(22)9-12-23-13-14-5-3-2-4-6-14/h2-6,10-11,15,17H,7-9,12-13H2,1H3,(H,20,22). The fourth-order valence-corrected chi connectivity index (χ4v) is 3.58. The lowest BCUT2D eigenvalue weighted by molar-refractivity contribution is -0.121. The van der Waals surface area contributed by atoms with Gasteiger partial charge in [0.1, 0.15) is 5.82 Å². The predicted octanol–water partition coefficient (Wildman–Crippen LogP) is 3.31. The minimum atomic E-state index is 0.0709. The number of nitrogens with one attached hydrogen (secondary N) is 1. The predicted molar refractivity (Wildman–Crippen MR) is 94.0 cm³/mol. The van der Waals surface area contributed by atoms with Crippen LogP contribution in [0.4, 0.5) is 0 Å². The smallest absolute Gasteiger partial charge is 0.221 e. The molecule has 0 spiro atoms. The molecule has 0 bridgehead atoms. The van der Waals surface area contributed by atoms with E-state index in [1.165, 1.54) is 18.4 Å². The molecular formula is C18H23N3OS. The van der Waals surface area contributed by atoms with Crippen LogP contribution in [0.15, 0.2) is 42.7 Å². The van der Waals surface area contributed by atoms with E-state index in [2.05, 4.69) is 34.6 Å². The van der Waals surface area contributed by atoms with Gasteiger partial charge in [0.05, 0.1) is 6.04 Å². The van der Waals surface area contributed by atoms with E-state index in [9.17, 15) is 4.79 Å². The first-order valence-electron chi connectivity index (χ1n) is 8.12. The van der Waals surface area contributed by atoms with Crippen LogP contribution in [0.1, 0.15) is 36.7 Å². The van der Waals surface area contributed by atoms with Gasteiger partial charge in [0.2, 0.25) is 5.91 Å². The Kier molecular flexibility index (Phi) is 5.39. The van der Waals surface area contributed by atoms with Gasteiger partial charge in [0, 0.05) is 37.4 Å². The molecule has 1 fully saturated rings. The summed E-state index contributed by atoms with van der Waals surface area (Å²) in [5.74, 6) is 3.46. The van der Waals surface area contributed by atoms with Gasteiger partial charge < -0.3 is 9.88 Å². The molecule has 1 heterocycles. The molecule has 1 aliphatic rings. The Morgan fingerprint density at radius 2 is 2.17 bits per heavy atom. The molecule has 122 valence electrons. The summed E-state index contributed by atoms with van der Waals surface area (Å²) in [4.78, 5) is 16.7. The van der Waals surface area contributed by atoms with E-state index in [4.69, 9.17) is 0 Å². The SMILES string of the molecule is Cn1ccnc1C(NC(=O)CCSCc1ccccc1)C1CC1. The topological polar surface area (TPSA) is 46.9 Å². The molecule has 23 heavy (non-hydrogen) atoms. The third-order valence-electron chi connectivity index (χ3n) is 4.13. The van der Waals surface area contributed by atoms with E-state index in [-0.39, 0.29) is 11.9 Å². The van der Waals surface area contributed by atoms with Gasteiger partial charge in [-0.15, -0.1) is 0 Å². The highest BCUT2D eigenvalue weighted by atomic mass is 32.2. The molecule has 1 aromatic heterocycles. The largest absolute Gasteiger partial charge is 0.346 e. The first kappa shape index (κ1) is 16.1. The van der Waals surface area contributed by atoms with Crippen molar-refractivity contribution in [2.24, 2.45) is 13.0 Å². The van der Waals surface area contributed by atoms with Crippen LogP contribution in [-0.4, -0.2) is 21.2 Å². The second-order valence-corrected chi connectivity index (χ2v) is 7.17. The van der Waals surface area contributed by atoms with Crippen molar-refractivity contribution in [2.45, 2.75) is 31.1 Å². The summed E-state index contributed by atoms with van der Waals surface area (Å²) in [6, 6.07) is 10.4. The van der Waals surface area contributed by atoms with Crippen LogP contribution in [0.5, 0.6) is 0 Å². The van der Waals surface area contributed by atoms with E-state index in [0.717, 1.165) is 17.3 Å². The summed E-state index contributed by atoms with van der Waals surface area (Å²) in [7, 11) is 1.99. The number of hydrogen-bond donors (Lipinski definition) is 1. The van der Waals surface area contributed by atoms with Crippen LogP contribution < -0.4 is 5.32 Å². The molecule has 1 atom stereocenters. The second kappa shape index (κ2) is 7.68. The van der Waals surface area contributed by atoms with Gasteiger partial charge in [-0.1, -0.05) is 30.3 Å². The van der Waals surface area contributed by atoms with Crippen molar-refractivity contribution in [3.05, 3.63) is 54.1 Å². The Labute approximate surface area is 141 Å². The minimum absolute atomic E-state index is 0.0709. The van der Waals surface area contributed by atoms with Gasteiger partial charge >= 0.3 is 0 Å². The lowest BCUT2D eigenvalue weighted by atomic mass is 10.1. The molecule has 0 aliphatic heterocycles. The summed E-state index contributed by atoms with van der Waals surface area (Å²) in [6.45, 7) is 0. The lowest BCUT2D eigenvalue weighted by Crippen LogP contribution is -2.31. The van der Waals surface area contributed by atoms with E-state index in [1.807, 2.05) is 23.9 Å². The molecule has 1 amide bonds. The Hall–Kier alpha value is -1.75. The zero-order valence-electron chi connectivity index (χ0n) is 13.4. The highest BCUT2D eigenvalue weighted by Gasteiger charge is 2.35. The number of carbonyl (C=O) groups excluding carboxylic acids is 1. The summed E-state index contributed by atoms with van der Waals surface area (Å²) in [5, 5.41) is 3.19. The number of carbonyl (C=O) groups is 1. The Morgan fingerprint density at radius 3 is 2.83 bits per heavy atom. The van der Waals surface area contributed by atoms with Crippen LogP contribution >= 0.6 is 11.8 Å². The zero-order chi connectivity index (χ0) is 16.1. The molecule has 1 unspecified atom stereocenters. The quantitative estimate of drug-likeness (QED) is 0.756. The minimum Gasteiger partial charge on any atom is -0.346 e. The number of rotatable bonds is 8. The monoisotopic (exact) mass is 329 g/mol. The van der Waals surface area contributed by atoms with E-state index in [0.29, 0.717) is 12.3 Å². The van der Waals surface area contributed by atoms with Gasteiger partial charge in [-0.2, -0.15) is 11.8 Å². The molecule has 1 saturated carbocycles. The van der Waals surface area contributed by atoms with Crippen LogP contribution in [0.2, 0.25) is 0 Å².